The van der Waals surface area contributed by atoms with E-state index in [1.807, 2.05) is 4.90 Å². The van der Waals surface area contributed by atoms with E-state index in [9.17, 15) is 9.59 Å². The molecule has 1 unspecified atom stereocenters. The number of hydrogen-bond acceptors (Lipinski definition) is 5. The van der Waals surface area contributed by atoms with Crippen LogP contribution in [0.5, 0.6) is 0 Å². The second-order valence-corrected chi connectivity index (χ2v) is 4.56. The van der Waals surface area contributed by atoms with Crippen molar-refractivity contribution in [3.63, 3.8) is 0 Å². The Labute approximate surface area is 108 Å². The topological polar surface area (TPSA) is 55.8 Å². The summed E-state index contributed by atoms with van der Waals surface area (Å²) < 4.78 is 10.1. The van der Waals surface area contributed by atoms with E-state index in [4.69, 9.17) is 9.47 Å². The van der Waals surface area contributed by atoms with Gasteiger partial charge >= 0.3 is 5.97 Å². The first-order valence-electron chi connectivity index (χ1n) is 6.53. The first-order chi connectivity index (χ1) is 8.61. The molecule has 0 aliphatic carbocycles. The number of methoxy groups -OCH3 is 1. The van der Waals surface area contributed by atoms with Gasteiger partial charge in [-0.1, -0.05) is 0 Å². The summed E-state index contributed by atoms with van der Waals surface area (Å²) in [5, 5.41) is 0. The van der Waals surface area contributed by atoms with Crippen LogP contribution in [-0.4, -0.2) is 55.6 Å². The van der Waals surface area contributed by atoms with E-state index in [1.165, 1.54) is 0 Å². The van der Waals surface area contributed by atoms with Crippen LogP contribution in [0.3, 0.4) is 0 Å². The summed E-state index contributed by atoms with van der Waals surface area (Å²) in [4.78, 5) is 25.5. The molecule has 1 heterocycles. The summed E-state index contributed by atoms with van der Waals surface area (Å²) in [6, 6.07) is -0.502. The zero-order chi connectivity index (χ0) is 13.5. The lowest BCUT2D eigenvalue weighted by atomic mass is 10.1. The van der Waals surface area contributed by atoms with Gasteiger partial charge in [-0.2, -0.15) is 0 Å². The number of hydrogen-bond donors (Lipinski definition) is 0. The summed E-state index contributed by atoms with van der Waals surface area (Å²) in [5.74, 6) is -0.123. The highest BCUT2D eigenvalue weighted by Crippen LogP contribution is 2.23. The molecule has 0 saturated carbocycles. The second-order valence-electron chi connectivity index (χ2n) is 4.56. The third-order valence-corrected chi connectivity index (χ3v) is 3.32. The first kappa shape index (κ1) is 15.1. The quantitative estimate of drug-likeness (QED) is 0.637. The van der Waals surface area contributed by atoms with E-state index < -0.39 is 0 Å². The summed E-state index contributed by atoms with van der Waals surface area (Å²) in [6.07, 6.45) is 2.35. The van der Waals surface area contributed by atoms with Gasteiger partial charge in [0, 0.05) is 13.7 Å². The van der Waals surface area contributed by atoms with Crippen LogP contribution in [0, 0.1) is 0 Å². The van der Waals surface area contributed by atoms with E-state index in [0.717, 1.165) is 19.4 Å². The minimum Gasteiger partial charge on any atom is -0.465 e. The Balaban J connectivity index is 2.74. The molecule has 0 spiro atoms. The molecule has 104 valence electrons. The number of nitrogens with zero attached hydrogens (tertiary/aromatic N) is 1. The van der Waals surface area contributed by atoms with E-state index in [2.05, 4.69) is 0 Å². The molecule has 1 rings (SSSR count). The van der Waals surface area contributed by atoms with Gasteiger partial charge in [0.25, 0.3) is 0 Å². The van der Waals surface area contributed by atoms with Crippen LogP contribution in [0.15, 0.2) is 0 Å². The molecule has 1 aliphatic heterocycles. The molecular formula is C13H23NO4. The zero-order valence-electron chi connectivity index (χ0n) is 11.5. The Hall–Kier alpha value is -0.940. The molecule has 18 heavy (non-hydrogen) atoms. The van der Waals surface area contributed by atoms with Crippen LogP contribution in [0.4, 0.5) is 0 Å². The van der Waals surface area contributed by atoms with Crippen LogP contribution < -0.4 is 0 Å². The van der Waals surface area contributed by atoms with E-state index in [-0.39, 0.29) is 23.8 Å². The number of ketones is 1. The maximum atomic E-state index is 12.0. The monoisotopic (exact) mass is 257 g/mol. The van der Waals surface area contributed by atoms with E-state index >= 15 is 0 Å². The highest BCUT2D eigenvalue weighted by molar-refractivity contribution is 5.83. The molecule has 0 radical (unpaired) electrons. The van der Waals surface area contributed by atoms with Crippen LogP contribution >= 0.6 is 0 Å². The van der Waals surface area contributed by atoms with Crippen LogP contribution in [0.25, 0.3) is 0 Å². The van der Waals surface area contributed by atoms with E-state index in [1.54, 1.807) is 21.0 Å². The van der Waals surface area contributed by atoms with Gasteiger partial charge in [0.1, 0.15) is 11.8 Å². The van der Waals surface area contributed by atoms with Crippen molar-refractivity contribution in [3.8, 4) is 0 Å². The maximum absolute atomic E-state index is 12.0. The minimum absolute atomic E-state index is 0.124. The fraction of sp³-hybridized carbons (Fsp3) is 0.846. The smallest absolute Gasteiger partial charge is 0.323 e. The molecule has 5 nitrogen and oxygen atoms in total. The van der Waals surface area contributed by atoms with Crippen LogP contribution in [0.2, 0.25) is 0 Å². The fourth-order valence-electron chi connectivity index (χ4n) is 2.49. The number of Topliss-reactive ketones (excluding diaryl/α,β-unsaturated/α-hetero) is 1. The summed E-state index contributed by atoms with van der Waals surface area (Å²) >= 11 is 0. The SMILES string of the molecule is CCOC(=O)C(CCOC)N1CCC[C@@H]1C(C)=O. The molecule has 1 aliphatic rings. The molecule has 0 aromatic carbocycles. The molecule has 1 fully saturated rings. The number of carbonyl (C=O) groups excluding carboxylic acids is 2. The summed E-state index contributed by atoms with van der Waals surface area (Å²) in [6.45, 7) is 5.00. The van der Waals surface area contributed by atoms with Crippen molar-refractivity contribution in [2.45, 2.75) is 45.2 Å². The average Bonchev–Trinajstić information content (AvgIpc) is 2.79. The van der Waals surface area contributed by atoms with Crippen molar-refractivity contribution in [1.82, 2.24) is 4.90 Å². The Morgan fingerprint density at radius 3 is 2.72 bits per heavy atom. The predicted molar refractivity (Wildman–Crippen MR) is 67.3 cm³/mol. The Bertz CT molecular complexity index is 293. The lowest BCUT2D eigenvalue weighted by molar-refractivity contribution is -0.151. The third-order valence-electron chi connectivity index (χ3n) is 3.32. The summed E-state index contributed by atoms with van der Waals surface area (Å²) in [7, 11) is 1.61. The standard InChI is InChI=1S/C13H23NO4/c1-4-18-13(16)12(7-9-17-3)14-8-5-6-11(14)10(2)15/h11-12H,4-9H2,1-3H3/t11-,12?/m1/s1. The van der Waals surface area contributed by atoms with Crippen molar-refractivity contribution in [2.24, 2.45) is 0 Å². The molecule has 0 aromatic rings. The van der Waals surface area contributed by atoms with Crippen molar-refractivity contribution >= 4 is 11.8 Å². The average molecular weight is 257 g/mol. The highest BCUT2D eigenvalue weighted by atomic mass is 16.5. The lowest BCUT2D eigenvalue weighted by Gasteiger charge is -2.30. The van der Waals surface area contributed by atoms with Crippen molar-refractivity contribution in [1.29, 1.82) is 0 Å². The molecule has 0 bridgehead atoms. The van der Waals surface area contributed by atoms with Gasteiger partial charge in [0.15, 0.2) is 0 Å². The van der Waals surface area contributed by atoms with Crippen molar-refractivity contribution in [2.75, 3.05) is 26.9 Å². The van der Waals surface area contributed by atoms with Gasteiger partial charge in [0.2, 0.25) is 0 Å². The number of likely N-dealkylation sites (tertiary alicyclic amines) is 1. The van der Waals surface area contributed by atoms with Gasteiger partial charge < -0.3 is 9.47 Å². The van der Waals surface area contributed by atoms with Crippen LogP contribution in [0.1, 0.15) is 33.1 Å². The fourth-order valence-corrected chi connectivity index (χ4v) is 2.49. The molecule has 1 saturated heterocycles. The van der Waals surface area contributed by atoms with Gasteiger partial charge in [-0.15, -0.1) is 0 Å². The largest absolute Gasteiger partial charge is 0.465 e. The molecule has 0 amide bonds. The van der Waals surface area contributed by atoms with Gasteiger partial charge in [-0.25, -0.2) is 0 Å². The van der Waals surface area contributed by atoms with Crippen molar-refractivity contribution < 1.29 is 19.1 Å². The lowest BCUT2D eigenvalue weighted by Crippen LogP contribution is -2.47. The van der Waals surface area contributed by atoms with Gasteiger partial charge in [-0.3, -0.25) is 14.5 Å². The predicted octanol–water partition coefficient (Wildman–Crippen LogP) is 1.01. The molecule has 5 heteroatoms. The van der Waals surface area contributed by atoms with Crippen LogP contribution in [-0.2, 0) is 19.1 Å². The number of ether oxygens (including phenoxy) is 2. The zero-order valence-corrected chi connectivity index (χ0v) is 11.5. The minimum atomic E-state index is -0.360. The van der Waals surface area contributed by atoms with E-state index in [0.29, 0.717) is 19.6 Å². The number of rotatable bonds is 7. The third kappa shape index (κ3) is 3.78. The number of esters is 1. The Kier molecular flexibility index (Phi) is 6.29. The maximum Gasteiger partial charge on any atom is 0.323 e. The molecular weight excluding hydrogens is 234 g/mol. The van der Waals surface area contributed by atoms with Crippen molar-refractivity contribution in [3.05, 3.63) is 0 Å². The number of carbonyl (C=O) groups is 2. The van der Waals surface area contributed by atoms with Gasteiger partial charge in [0.05, 0.1) is 12.6 Å². The Morgan fingerprint density at radius 1 is 1.44 bits per heavy atom. The highest BCUT2D eigenvalue weighted by Gasteiger charge is 2.37. The Morgan fingerprint density at radius 2 is 2.17 bits per heavy atom. The molecule has 0 aromatic heterocycles. The van der Waals surface area contributed by atoms with Gasteiger partial charge in [-0.05, 0) is 39.7 Å². The normalized spacial score (nSPS) is 21.8. The first-order valence-corrected chi connectivity index (χ1v) is 6.53. The molecule has 0 N–H and O–H groups in total. The molecule has 2 atom stereocenters. The second kappa shape index (κ2) is 7.48. The summed E-state index contributed by atoms with van der Waals surface area (Å²) in [5.41, 5.74) is 0.